The molecule has 0 saturated carbocycles. The molecule has 0 aliphatic carbocycles. The molecule has 1 aromatic carbocycles. The predicted octanol–water partition coefficient (Wildman–Crippen LogP) is 2.85. The lowest BCUT2D eigenvalue weighted by atomic mass is 10.1. The van der Waals surface area contributed by atoms with Crippen molar-refractivity contribution < 1.29 is 0 Å². The van der Waals surface area contributed by atoms with Crippen molar-refractivity contribution in [2.24, 2.45) is 0 Å². The molecule has 1 aromatic heterocycles. The largest absolute Gasteiger partial charge is 0.314 e. The van der Waals surface area contributed by atoms with Crippen molar-refractivity contribution in [3.63, 3.8) is 0 Å². The van der Waals surface area contributed by atoms with Crippen LogP contribution in [0.25, 0.3) is 0 Å². The molecule has 0 amide bonds. The van der Waals surface area contributed by atoms with Crippen LogP contribution in [0.15, 0.2) is 53.5 Å². The molecule has 0 unspecified atom stereocenters. The molecule has 0 spiro atoms. The topological polar surface area (TPSA) is 34.0 Å². The summed E-state index contributed by atoms with van der Waals surface area (Å²) in [6.45, 7) is 3.50. The van der Waals surface area contributed by atoms with E-state index in [0.717, 1.165) is 11.6 Å². The highest BCUT2D eigenvalue weighted by molar-refractivity contribution is 6.30. The predicted molar refractivity (Wildman–Crippen MR) is 78.6 cm³/mol. The first kappa shape index (κ1) is 13.8. The lowest BCUT2D eigenvalue weighted by Crippen LogP contribution is -2.27. The first-order chi connectivity index (χ1) is 9.16. The summed E-state index contributed by atoms with van der Waals surface area (Å²) in [4.78, 5) is 11.5. The van der Waals surface area contributed by atoms with Crippen molar-refractivity contribution in [3.05, 3.63) is 69.6 Å². The van der Waals surface area contributed by atoms with Gasteiger partial charge in [0.25, 0.3) is 5.56 Å². The van der Waals surface area contributed by atoms with Crippen LogP contribution in [0.5, 0.6) is 0 Å². The summed E-state index contributed by atoms with van der Waals surface area (Å²) >= 11 is 5.86. The number of pyridine rings is 1. The van der Waals surface area contributed by atoms with Gasteiger partial charge in [0, 0.05) is 36.4 Å². The van der Waals surface area contributed by atoms with Gasteiger partial charge < -0.3 is 9.88 Å². The molecule has 4 heteroatoms. The Morgan fingerprint density at radius 2 is 1.95 bits per heavy atom. The summed E-state index contributed by atoms with van der Waals surface area (Å²) in [5.41, 5.74) is 1.22. The number of hydrogen-bond acceptors (Lipinski definition) is 2. The molecule has 0 aliphatic rings. The molecule has 3 nitrogen and oxygen atoms in total. The first-order valence-corrected chi connectivity index (χ1v) is 6.69. The molecular formula is C15H17ClN2O. The number of hydrogen-bond donors (Lipinski definition) is 1. The van der Waals surface area contributed by atoms with Crippen molar-refractivity contribution in [1.82, 2.24) is 9.88 Å². The van der Waals surface area contributed by atoms with E-state index in [2.05, 4.69) is 12.2 Å². The maximum absolute atomic E-state index is 11.5. The van der Waals surface area contributed by atoms with Gasteiger partial charge in [0.15, 0.2) is 0 Å². The minimum absolute atomic E-state index is 0.0310. The standard InChI is InChI=1S/C15H17ClN2O/c1-12(13-5-7-14(16)8-6-13)17-9-11-18-10-3-2-4-15(18)19/h2-8,10,12,17H,9,11H2,1H3/t12-/m1/s1. The number of aromatic nitrogens is 1. The van der Waals surface area contributed by atoms with Crippen molar-refractivity contribution in [2.75, 3.05) is 6.54 Å². The third kappa shape index (κ3) is 3.94. The molecule has 100 valence electrons. The van der Waals surface area contributed by atoms with E-state index in [4.69, 9.17) is 11.6 Å². The SMILES string of the molecule is C[C@@H](NCCn1ccccc1=O)c1ccc(Cl)cc1. The number of nitrogens with zero attached hydrogens (tertiary/aromatic N) is 1. The van der Waals surface area contributed by atoms with Crippen molar-refractivity contribution in [1.29, 1.82) is 0 Å². The number of benzene rings is 1. The zero-order valence-corrected chi connectivity index (χ0v) is 11.6. The second-order valence-corrected chi connectivity index (χ2v) is 4.90. The van der Waals surface area contributed by atoms with Crippen LogP contribution >= 0.6 is 11.6 Å². The number of halogens is 1. The molecule has 2 aromatic rings. The van der Waals surface area contributed by atoms with Gasteiger partial charge in [-0.1, -0.05) is 29.8 Å². The van der Waals surface area contributed by atoms with Crippen LogP contribution in [-0.4, -0.2) is 11.1 Å². The molecule has 1 N–H and O–H groups in total. The van der Waals surface area contributed by atoms with E-state index in [1.807, 2.05) is 30.3 Å². The molecule has 1 heterocycles. The third-order valence-electron chi connectivity index (χ3n) is 3.07. The minimum Gasteiger partial charge on any atom is -0.314 e. The quantitative estimate of drug-likeness (QED) is 0.911. The number of nitrogens with one attached hydrogen (secondary N) is 1. The van der Waals surface area contributed by atoms with Gasteiger partial charge in [0.05, 0.1) is 0 Å². The van der Waals surface area contributed by atoms with Crippen molar-refractivity contribution in [3.8, 4) is 0 Å². The Kier molecular flexibility index (Phi) is 4.77. The van der Waals surface area contributed by atoms with Gasteiger partial charge in [0.1, 0.15) is 0 Å². The van der Waals surface area contributed by atoms with Crippen LogP contribution in [0.1, 0.15) is 18.5 Å². The molecule has 19 heavy (non-hydrogen) atoms. The second kappa shape index (κ2) is 6.55. The fourth-order valence-electron chi connectivity index (χ4n) is 1.92. The van der Waals surface area contributed by atoms with Gasteiger partial charge in [-0.3, -0.25) is 4.79 Å². The summed E-state index contributed by atoms with van der Waals surface area (Å²) in [6, 6.07) is 13.2. The highest BCUT2D eigenvalue weighted by atomic mass is 35.5. The maximum Gasteiger partial charge on any atom is 0.250 e. The summed E-state index contributed by atoms with van der Waals surface area (Å²) in [5.74, 6) is 0. The molecule has 0 aliphatic heterocycles. The third-order valence-corrected chi connectivity index (χ3v) is 3.32. The van der Waals surface area contributed by atoms with E-state index in [1.54, 1.807) is 22.9 Å². The Balaban J connectivity index is 1.87. The molecule has 2 rings (SSSR count). The molecule has 0 bridgehead atoms. The molecule has 0 saturated heterocycles. The molecule has 0 radical (unpaired) electrons. The summed E-state index contributed by atoms with van der Waals surface area (Å²) in [5, 5.41) is 4.13. The average molecular weight is 277 g/mol. The van der Waals surface area contributed by atoms with Gasteiger partial charge >= 0.3 is 0 Å². The van der Waals surface area contributed by atoms with Gasteiger partial charge in [-0.15, -0.1) is 0 Å². The van der Waals surface area contributed by atoms with Gasteiger partial charge in [-0.2, -0.15) is 0 Å². The van der Waals surface area contributed by atoms with Crippen LogP contribution in [0.3, 0.4) is 0 Å². The van der Waals surface area contributed by atoms with Crippen molar-refractivity contribution in [2.45, 2.75) is 19.5 Å². The highest BCUT2D eigenvalue weighted by Gasteiger charge is 2.04. The normalized spacial score (nSPS) is 12.3. The van der Waals surface area contributed by atoms with Crippen LogP contribution in [0, 0.1) is 0 Å². The lowest BCUT2D eigenvalue weighted by Gasteiger charge is -2.14. The van der Waals surface area contributed by atoms with E-state index in [0.29, 0.717) is 6.54 Å². The minimum atomic E-state index is 0.0310. The number of rotatable bonds is 5. The fraction of sp³-hybridized carbons (Fsp3) is 0.267. The lowest BCUT2D eigenvalue weighted by molar-refractivity contribution is 0.524. The van der Waals surface area contributed by atoms with E-state index < -0.39 is 0 Å². The summed E-state index contributed by atoms with van der Waals surface area (Å²) < 4.78 is 1.70. The Morgan fingerprint density at radius 1 is 1.21 bits per heavy atom. The Labute approximate surface area is 117 Å². The van der Waals surface area contributed by atoms with Crippen LogP contribution in [-0.2, 0) is 6.54 Å². The van der Waals surface area contributed by atoms with E-state index in [9.17, 15) is 4.79 Å². The van der Waals surface area contributed by atoms with Gasteiger partial charge in [-0.05, 0) is 30.7 Å². The van der Waals surface area contributed by atoms with E-state index >= 15 is 0 Å². The Hall–Kier alpha value is -1.58. The molecule has 1 atom stereocenters. The second-order valence-electron chi connectivity index (χ2n) is 4.46. The zero-order valence-electron chi connectivity index (χ0n) is 10.8. The molecular weight excluding hydrogens is 260 g/mol. The van der Waals surface area contributed by atoms with E-state index in [-0.39, 0.29) is 11.6 Å². The van der Waals surface area contributed by atoms with Gasteiger partial charge in [-0.25, -0.2) is 0 Å². The van der Waals surface area contributed by atoms with E-state index in [1.165, 1.54) is 5.56 Å². The average Bonchev–Trinajstić information content (AvgIpc) is 2.41. The van der Waals surface area contributed by atoms with Crippen LogP contribution < -0.4 is 10.9 Å². The highest BCUT2D eigenvalue weighted by Crippen LogP contribution is 2.15. The smallest absolute Gasteiger partial charge is 0.250 e. The summed E-state index contributed by atoms with van der Waals surface area (Å²) in [6.07, 6.45) is 1.80. The Morgan fingerprint density at radius 3 is 2.63 bits per heavy atom. The molecule has 0 fully saturated rings. The van der Waals surface area contributed by atoms with Crippen LogP contribution in [0.4, 0.5) is 0 Å². The van der Waals surface area contributed by atoms with Crippen LogP contribution in [0.2, 0.25) is 5.02 Å². The summed E-state index contributed by atoms with van der Waals surface area (Å²) in [7, 11) is 0. The van der Waals surface area contributed by atoms with Crippen molar-refractivity contribution >= 4 is 11.6 Å². The maximum atomic E-state index is 11.5. The first-order valence-electron chi connectivity index (χ1n) is 6.31. The zero-order chi connectivity index (χ0) is 13.7. The Bertz CT molecular complexity index is 577. The van der Waals surface area contributed by atoms with Gasteiger partial charge in [0.2, 0.25) is 0 Å². The fourth-order valence-corrected chi connectivity index (χ4v) is 2.04. The monoisotopic (exact) mass is 276 g/mol.